The predicted octanol–water partition coefficient (Wildman–Crippen LogP) is 3.22. The summed E-state index contributed by atoms with van der Waals surface area (Å²) in [4.78, 5) is 4.21. The molecule has 0 radical (unpaired) electrons. The van der Waals surface area contributed by atoms with Gasteiger partial charge in [-0.25, -0.2) is 4.98 Å². The summed E-state index contributed by atoms with van der Waals surface area (Å²) < 4.78 is 7.52. The van der Waals surface area contributed by atoms with Gasteiger partial charge in [-0.2, -0.15) is 5.26 Å². The van der Waals surface area contributed by atoms with Crippen LogP contribution in [0.1, 0.15) is 5.69 Å². The van der Waals surface area contributed by atoms with Crippen LogP contribution in [-0.4, -0.2) is 9.55 Å². The Hall–Kier alpha value is -2.45. The SMILES string of the molecule is N#Cc1cccn1-c1ccc2oc(=S)cnc2c1. The van der Waals surface area contributed by atoms with E-state index < -0.39 is 0 Å². The topological polar surface area (TPSA) is 54.8 Å². The third kappa shape index (κ3) is 1.69. The van der Waals surface area contributed by atoms with Crippen molar-refractivity contribution in [3.63, 3.8) is 0 Å². The van der Waals surface area contributed by atoms with Crippen LogP contribution in [-0.2, 0) is 0 Å². The average molecular weight is 253 g/mol. The second kappa shape index (κ2) is 4.09. The minimum absolute atomic E-state index is 0.355. The first-order valence-corrected chi connectivity index (χ1v) is 5.66. The molecule has 0 aliphatic heterocycles. The molecule has 0 fully saturated rings. The van der Waals surface area contributed by atoms with Crippen LogP contribution < -0.4 is 0 Å². The van der Waals surface area contributed by atoms with Gasteiger partial charge in [-0.15, -0.1) is 0 Å². The Morgan fingerprint density at radius 3 is 3.06 bits per heavy atom. The molecule has 0 aliphatic rings. The number of nitrogens with zero attached hydrogens (tertiary/aromatic N) is 3. The lowest BCUT2D eigenvalue weighted by atomic mass is 10.2. The molecule has 0 amide bonds. The van der Waals surface area contributed by atoms with Crippen molar-refractivity contribution in [2.75, 3.05) is 0 Å². The Labute approximate surface area is 108 Å². The average Bonchev–Trinajstić information content (AvgIpc) is 2.86. The van der Waals surface area contributed by atoms with Crippen LogP contribution >= 0.6 is 12.2 Å². The molecule has 3 aromatic rings. The largest absolute Gasteiger partial charge is 0.442 e. The summed E-state index contributed by atoms with van der Waals surface area (Å²) in [7, 11) is 0. The maximum atomic E-state index is 9.00. The van der Waals surface area contributed by atoms with Gasteiger partial charge in [-0.1, -0.05) is 0 Å². The normalized spacial score (nSPS) is 10.4. The third-order valence-electron chi connectivity index (χ3n) is 2.60. The van der Waals surface area contributed by atoms with E-state index in [0.717, 1.165) is 5.69 Å². The molecule has 3 rings (SSSR count). The minimum atomic E-state index is 0.355. The van der Waals surface area contributed by atoms with E-state index in [2.05, 4.69) is 11.1 Å². The number of nitriles is 1. The molecule has 2 aromatic heterocycles. The summed E-state index contributed by atoms with van der Waals surface area (Å²) >= 11 is 4.91. The van der Waals surface area contributed by atoms with Gasteiger partial charge in [-0.3, -0.25) is 0 Å². The van der Waals surface area contributed by atoms with Crippen LogP contribution in [0.15, 0.2) is 47.1 Å². The van der Waals surface area contributed by atoms with Gasteiger partial charge in [0.25, 0.3) is 0 Å². The number of rotatable bonds is 1. The molecule has 86 valence electrons. The van der Waals surface area contributed by atoms with E-state index >= 15 is 0 Å². The van der Waals surface area contributed by atoms with E-state index in [1.165, 1.54) is 6.20 Å². The quantitative estimate of drug-likeness (QED) is 0.625. The summed E-state index contributed by atoms with van der Waals surface area (Å²) in [6, 6.07) is 11.2. The first-order valence-electron chi connectivity index (χ1n) is 5.26. The van der Waals surface area contributed by atoms with Crippen molar-refractivity contribution in [3.8, 4) is 11.8 Å². The monoisotopic (exact) mass is 253 g/mol. The van der Waals surface area contributed by atoms with Crippen molar-refractivity contribution in [1.29, 1.82) is 5.26 Å². The van der Waals surface area contributed by atoms with Gasteiger partial charge in [0.1, 0.15) is 17.3 Å². The fraction of sp³-hybridized carbons (Fsp3) is 0. The predicted molar refractivity (Wildman–Crippen MR) is 68.9 cm³/mol. The molecule has 0 bridgehead atoms. The highest BCUT2D eigenvalue weighted by atomic mass is 32.1. The Balaban J connectivity index is 2.23. The van der Waals surface area contributed by atoms with Gasteiger partial charge < -0.3 is 8.98 Å². The van der Waals surface area contributed by atoms with Crippen LogP contribution in [0, 0.1) is 16.0 Å². The summed E-state index contributed by atoms with van der Waals surface area (Å²) in [6.07, 6.45) is 3.33. The van der Waals surface area contributed by atoms with E-state index in [1.807, 2.05) is 24.4 Å². The van der Waals surface area contributed by atoms with Crippen LogP contribution in [0.5, 0.6) is 0 Å². The molecule has 0 saturated carbocycles. The zero-order valence-corrected chi connectivity index (χ0v) is 10.0. The highest BCUT2D eigenvalue weighted by molar-refractivity contribution is 7.71. The number of hydrogen-bond acceptors (Lipinski definition) is 4. The zero-order valence-electron chi connectivity index (χ0n) is 9.20. The Bertz CT molecular complexity index is 826. The highest BCUT2D eigenvalue weighted by Crippen LogP contribution is 2.18. The van der Waals surface area contributed by atoms with Crippen molar-refractivity contribution in [3.05, 3.63) is 53.1 Å². The van der Waals surface area contributed by atoms with Crippen molar-refractivity contribution in [1.82, 2.24) is 9.55 Å². The van der Waals surface area contributed by atoms with Crippen molar-refractivity contribution >= 4 is 23.3 Å². The maximum Gasteiger partial charge on any atom is 0.209 e. The summed E-state index contributed by atoms with van der Waals surface area (Å²) in [5.74, 6) is 0. The standard InChI is InChI=1S/C13H7N3OS/c14-7-10-2-1-5-16(10)9-3-4-12-11(6-9)15-8-13(18)17-12/h1-6,8H. The molecule has 0 spiro atoms. The van der Waals surface area contributed by atoms with E-state index in [0.29, 0.717) is 21.5 Å². The summed E-state index contributed by atoms with van der Waals surface area (Å²) in [6.45, 7) is 0. The van der Waals surface area contributed by atoms with Gasteiger partial charge in [-0.05, 0) is 42.5 Å². The van der Waals surface area contributed by atoms with Gasteiger partial charge in [0.05, 0.1) is 6.20 Å². The summed E-state index contributed by atoms with van der Waals surface area (Å²) in [5, 5.41) is 9.00. The lowest BCUT2D eigenvalue weighted by molar-refractivity contribution is 0.580. The van der Waals surface area contributed by atoms with Crippen LogP contribution in [0.3, 0.4) is 0 Å². The molecule has 0 saturated heterocycles. The van der Waals surface area contributed by atoms with E-state index in [1.54, 1.807) is 16.7 Å². The first-order chi connectivity index (χ1) is 8.78. The molecule has 2 heterocycles. The second-order valence-electron chi connectivity index (χ2n) is 3.71. The van der Waals surface area contributed by atoms with E-state index in [9.17, 15) is 0 Å². The molecular formula is C13H7N3OS. The fourth-order valence-corrected chi connectivity index (χ4v) is 1.94. The van der Waals surface area contributed by atoms with Gasteiger partial charge in [0, 0.05) is 11.9 Å². The second-order valence-corrected chi connectivity index (χ2v) is 4.11. The van der Waals surface area contributed by atoms with Gasteiger partial charge in [0.2, 0.25) is 4.71 Å². The van der Waals surface area contributed by atoms with Crippen LogP contribution in [0.4, 0.5) is 0 Å². The molecule has 0 unspecified atom stereocenters. The molecule has 4 nitrogen and oxygen atoms in total. The van der Waals surface area contributed by atoms with E-state index in [-0.39, 0.29) is 0 Å². The third-order valence-corrected chi connectivity index (χ3v) is 2.79. The maximum absolute atomic E-state index is 9.00. The number of aromatic nitrogens is 2. The lowest BCUT2D eigenvalue weighted by Gasteiger charge is -2.05. The number of fused-ring (bicyclic) bond motifs is 1. The molecule has 0 aliphatic carbocycles. The van der Waals surface area contributed by atoms with E-state index in [4.69, 9.17) is 21.9 Å². The van der Waals surface area contributed by atoms with Crippen LogP contribution in [0.2, 0.25) is 0 Å². The first kappa shape index (κ1) is 10.7. The molecular weight excluding hydrogens is 246 g/mol. The van der Waals surface area contributed by atoms with Crippen molar-refractivity contribution < 1.29 is 4.42 Å². The smallest absolute Gasteiger partial charge is 0.209 e. The number of hydrogen-bond donors (Lipinski definition) is 0. The van der Waals surface area contributed by atoms with Crippen molar-refractivity contribution in [2.24, 2.45) is 0 Å². The molecule has 1 aromatic carbocycles. The van der Waals surface area contributed by atoms with Gasteiger partial charge >= 0.3 is 0 Å². The fourth-order valence-electron chi connectivity index (χ4n) is 1.80. The lowest BCUT2D eigenvalue weighted by Crippen LogP contribution is -1.95. The summed E-state index contributed by atoms with van der Waals surface area (Å²) in [5.41, 5.74) is 2.78. The number of benzene rings is 1. The Morgan fingerprint density at radius 2 is 2.22 bits per heavy atom. The van der Waals surface area contributed by atoms with Gasteiger partial charge in [0.15, 0.2) is 5.58 Å². The Morgan fingerprint density at radius 1 is 1.33 bits per heavy atom. The molecule has 0 atom stereocenters. The van der Waals surface area contributed by atoms with Crippen molar-refractivity contribution in [2.45, 2.75) is 0 Å². The minimum Gasteiger partial charge on any atom is -0.442 e. The highest BCUT2D eigenvalue weighted by Gasteiger charge is 2.04. The van der Waals surface area contributed by atoms with Crippen LogP contribution in [0.25, 0.3) is 16.8 Å². The Kier molecular flexibility index (Phi) is 2.43. The molecule has 18 heavy (non-hydrogen) atoms. The molecule has 5 heteroatoms. The zero-order chi connectivity index (χ0) is 12.5. The molecule has 0 N–H and O–H groups in total.